The molecule has 1 aromatic heterocycles. The molecule has 0 saturated heterocycles. The Morgan fingerprint density at radius 3 is 2.78 bits per heavy atom. The number of fused-ring (bicyclic) bond motifs is 1. The number of hydrogen-bond donors (Lipinski definition) is 0. The van der Waals surface area contributed by atoms with Crippen LogP contribution in [0.5, 0.6) is 0 Å². The standard InChI is InChI=1S/C14H14F2N2/c15-11-6-5-10(7-12(11)16)8-18-9-17-13-3-1-2-4-14(13)18/h5-7,9H,1-4,8H2. The maximum absolute atomic E-state index is 13.1. The van der Waals surface area contributed by atoms with E-state index < -0.39 is 11.6 Å². The number of benzene rings is 1. The Hall–Kier alpha value is -1.71. The summed E-state index contributed by atoms with van der Waals surface area (Å²) in [6, 6.07) is 4.05. The van der Waals surface area contributed by atoms with Gasteiger partial charge in [-0.1, -0.05) is 6.07 Å². The minimum Gasteiger partial charge on any atom is -0.330 e. The van der Waals surface area contributed by atoms with Gasteiger partial charge in [-0.2, -0.15) is 0 Å². The van der Waals surface area contributed by atoms with Crippen molar-refractivity contribution in [1.29, 1.82) is 0 Å². The molecule has 0 N–H and O–H groups in total. The van der Waals surface area contributed by atoms with Crippen molar-refractivity contribution in [3.8, 4) is 0 Å². The largest absolute Gasteiger partial charge is 0.330 e. The molecule has 94 valence electrons. The van der Waals surface area contributed by atoms with Crippen LogP contribution in [0.1, 0.15) is 29.8 Å². The predicted molar refractivity (Wildman–Crippen MR) is 64.3 cm³/mol. The van der Waals surface area contributed by atoms with Crippen LogP contribution in [0.2, 0.25) is 0 Å². The molecule has 0 aliphatic heterocycles. The van der Waals surface area contributed by atoms with Gasteiger partial charge in [-0.15, -0.1) is 0 Å². The molecule has 18 heavy (non-hydrogen) atoms. The molecule has 1 aromatic carbocycles. The number of hydrogen-bond acceptors (Lipinski definition) is 1. The SMILES string of the molecule is Fc1ccc(Cn2cnc3c2CCCC3)cc1F. The van der Waals surface area contributed by atoms with Crippen molar-refractivity contribution in [3.63, 3.8) is 0 Å². The van der Waals surface area contributed by atoms with Crippen molar-refractivity contribution in [2.75, 3.05) is 0 Å². The molecule has 4 heteroatoms. The van der Waals surface area contributed by atoms with Crippen molar-refractivity contribution >= 4 is 0 Å². The molecule has 1 heterocycles. The molecular weight excluding hydrogens is 234 g/mol. The van der Waals surface area contributed by atoms with Gasteiger partial charge in [0.25, 0.3) is 0 Å². The zero-order chi connectivity index (χ0) is 12.5. The molecule has 0 bridgehead atoms. The minimum absolute atomic E-state index is 0.555. The Balaban J connectivity index is 1.88. The van der Waals surface area contributed by atoms with Gasteiger partial charge >= 0.3 is 0 Å². The molecule has 0 spiro atoms. The number of halogens is 2. The van der Waals surface area contributed by atoms with E-state index in [1.165, 1.54) is 30.7 Å². The molecule has 0 amide bonds. The average molecular weight is 248 g/mol. The molecule has 1 aliphatic rings. The lowest BCUT2D eigenvalue weighted by atomic mass is 10.0. The predicted octanol–water partition coefficient (Wildman–Crippen LogP) is 3.09. The highest BCUT2D eigenvalue weighted by molar-refractivity contribution is 5.22. The third kappa shape index (κ3) is 2.03. The summed E-state index contributed by atoms with van der Waals surface area (Å²) in [6.07, 6.45) is 6.22. The van der Waals surface area contributed by atoms with Crippen molar-refractivity contribution in [2.45, 2.75) is 32.2 Å². The Morgan fingerprint density at radius 1 is 1.11 bits per heavy atom. The van der Waals surface area contributed by atoms with Crippen LogP contribution < -0.4 is 0 Å². The van der Waals surface area contributed by atoms with E-state index in [-0.39, 0.29) is 0 Å². The summed E-state index contributed by atoms with van der Waals surface area (Å²) in [7, 11) is 0. The van der Waals surface area contributed by atoms with Gasteiger partial charge in [0.1, 0.15) is 0 Å². The van der Waals surface area contributed by atoms with Gasteiger partial charge in [0.05, 0.1) is 12.0 Å². The van der Waals surface area contributed by atoms with E-state index >= 15 is 0 Å². The number of aryl methyl sites for hydroxylation is 1. The van der Waals surface area contributed by atoms with Crippen LogP contribution in [0.15, 0.2) is 24.5 Å². The van der Waals surface area contributed by atoms with Crippen LogP contribution in [0.4, 0.5) is 8.78 Å². The fraction of sp³-hybridized carbons (Fsp3) is 0.357. The van der Waals surface area contributed by atoms with Gasteiger partial charge in [-0.3, -0.25) is 0 Å². The summed E-state index contributed by atoms with van der Waals surface area (Å²) >= 11 is 0. The summed E-state index contributed by atoms with van der Waals surface area (Å²) < 4.78 is 28.0. The van der Waals surface area contributed by atoms with Crippen LogP contribution in [0.25, 0.3) is 0 Å². The number of aromatic nitrogens is 2. The van der Waals surface area contributed by atoms with Gasteiger partial charge in [0.15, 0.2) is 11.6 Å². The van der Waals surface area contributed by atoms with E-state index in [9.17, 15) is 8.78 Å². The Bertz CT molecular complexity index is 575. The normalized spacial score (nSPS) is 14.6. The number of imidazole rings is 1. The summed E-state index contributed by atoms with van der Waals surface area (Å²) in [5.74, 6) is -1.59. The second kappa shape index (κ2) is 4.52. The van der Waals surface area contributed by atoms with Gasteiger partial charge in [0.2, 0.25) is 0 Å². The highest BCUT2D eigenvalue weighted by atomic mass is 19.2. The van der Waals surface area contributed by atoms with Crippen LogP contribution in [-0.2, 0) is 19.4 Å². The minimum atomic E-state index is -0.800. The Kier molecular flexibility index (Phi) is 2.86. The Morgan fingerprint density at radius 2 is 1.94 bits per heavy atom. The Labute approximate surface area is 104 Å². The van der Waals surface area contributed by atoms with E-state index in [1.54, 1.807) is 12.4 Å². The number of nitrogens with zero attached hydrogens (tertiary/aromatic N) is 2. The average Bonchev–Trinajstić information content (AvgIpc) is 2.78. The quantitative estimate of drug-likeness (QED) is 0.798. The summed E-state index contributed by atoms with van der Waals surface area (Å²) in [6.45, 7) is 0.555. The molecule has 1 aliphatic carbocycles. The molecule has 0 atom stereocenters. The lowest BCUT2D eigenvalue weighted by Crippen LogP contribution is -2.09. The van der Waals surface area contributed by atoms with Crippen molar-refractivity contribution in [3.05, 3.63) is 53.1 Å². The van der Waals surface area contributed by atoms with Gasteiger partial charge in [-0.05, 0) is 43.4 Å². The molecule has 2 nitrogen and oxygen atoms in total. The lowest BCUT2D eigenvalue weighted by Gasteiger charge is -2.14. The lowest BCUT2D eigenvalue weighted by molar-refractivity contribution is 0.506. The van der Waals surface area contributed by atoms with Crippen molar-refractivity contribution in [1.82, 2.24) is 9.55 Å². The topological polar surface area (TPSA) is 17.8 Å². The first-order valence-electron chi connectivity index (χ1n) is 6.21. The fourth-order valence-electron chi connectivity index (χ4n) is 2.50. The third-order valence-corrected chi connectivity index (χ3v) is 3.45. The second-order valence-corrected chi connectivity index (χ2v) is 4.72. The van der Waals surface area contributed by atoms with Gasteiger partial charge < -0.3 is 4.57 Å². The van der Waals surface area contributed by atoms with Crippen LogP contribution >= 0.6 is 0 Å². The summed E-state index contributed by atoms with van der Waals surface area (Å²) in [4.78, 5) is 4.39. The zero-order valence-electron chi connectivity index (χ0n) is 10.00. The maximum Gasteiger partial charge on any atom is 0.159 e. The zero-order valence-corrected chi connectivity index (χ0v) is 10.00. The molecule has 0 radical (unpaired) electrons. The molecule has 0 saturated carbocycles. The number of rotatable bonds is 2. The van der Waals surface area contributed by atoms with E-state index in [0.29, 0.717) is 6.54 Å². The molecule has 0 unspecified atom stereocenters. The van der Waals surface area contributed by atoms with Crippen LogP contribution in [-0.4, -0.2) is 9.55 Å². The molecule has 3 rings (SSSR count). The fourth-order valence-corrected chi connectivity index (χ4v) is 2.50. The van der Waals surface area contributed by atoms with Gasteiger partial charge in [-0.25, -0.2) is 13.8 Å². The summed E-state index contributed by atoms with van der Waals surface area (Å²) in [5, 5.41) is 0. The van der Waals surface area contributed by atoms with Crippen LogP contribution in [0.3, 0.4) is 0 Å². The van der Waals surface area contributed by atoms with Crippen molar-refractivity contribution < 1.29 is 8.78 Å². The van der Waals surface area contributed by atoms with Crippen molar-refractivity contribution in [2.24, 2.45) is 0 Å². The van der Waals surface area contributed by atoms with E-state index in [1.807, 2.05) is 4.57 Å². The summed E-state index contributed by atoms with van der Waals surface area (Å²) in [5.41, 5.74) is 3.16. The first-order chi connectivity index (χ1) is 8.74. The highest BCUT2D eigenvalue weighted by Crippen LogP contribution is 2.21. The smallest absolute Gasteiger partial charge is 0.159 e. The van der Waals surface area contributed by atoms with E-state index in [4.69, 9.17) is 0 Å². The van der Waals surface area contributed by atoms with Gasteiger partial charge in [0, 0.05) is 12.2 Å². The second-order valence-electron chi connectivity index (χ2n) is 4.72. The first kappa shape index (κ1) is 11.4. The first-order valence-corrected chi connectivity index (χ1v) is 6.21. The van der Waals surface area contributed by atoms with E-state index in [2.05, 4.69) is 4.98 Å². The molecular formula is C14H14F2N2. The third-order valence-electron chi connectivity index (χ3n) is 3.45. The molecule has 0 fully saturated rings. The molecule has 2 aromatic rings. The monoisotopic (exact) mass is 248 g/mol. The van der Waals surface area contributed by atoms with E-state index in [0.717, 1.165) is 24.1 Å². The van der Waals surface area contributed by atoms with Crippen LogP contribution in [0, 0.1) is 11.6 Å². The highest BCUT2D eigenvalue weighted by Gasteiger charge is 2.15. The maximum atomic E-state index is 13.1.